The molecule has 2 aromatic carbocycles. The summed E-state index contributed by atoms with van der Waals surface area (Å²) in [6.45, 7) is 1.92. The number of hydrogen-bond donors (Lipinski definition) is 1. The minimum Gasteiger partial charge on any atom is -0.456 e. The maximum atomic E-state index is 6.05. The molecule has 0 saturated carbocycles. The molecule has 0 radical (unpaired) electrons. The molecule has 2 rings (SSSR count). The molecule has 0 spiro atoms. The number of nitrogens with two attached hydrogens (primary N) is 1. The van der Waals surface area contributed by atoms with Crippen LogP contribution in [0.25, 0.3) is 0 Å². The lowest BCUT2D eigenvalue weighted by Crippen LogP contribution is -2.10. The van der Waals surface area contributed by atoms with Crippen molar-refractivity contribution in [3.05, 3.63) is 57.6 Å². The maximum Gasteiger partial charge on any atom is 0.146 e. The van der Waals surface area contributed by atoms with E-state index < -0.39 is 0 Å². The van der Waals surface area contributed by atoms with Gasteiger partial charge in [0, 0.05) is 10.6 Å². The lowest BCUT2D eigenvalue weighted by molar-refractivity contribution is 0.482. The Morgan fingerprint density at radius 3 is 2.47 bits per heavy atom. The van der Waals surface area contributed by atoms with E-state index in [1.807, 2.05) is 19.1 Å². The molecule has 5 heteroatoms. The van der Waals surface area contributed by atoms with Gasteiger partial charge < -0.3 is 10.5 Å². The second kappa shape index (κ2) is 5.78. The van der Waals surface area contributed by atoms with Crippen LogP contribution in [0.2, 0.25) is 10.0 Å². The van der Waals surface area contributed by atoms with Crippen LogP contribution in [-0.2, 0) is 0 Å². The summed E-state index contributed by atoms with van der Waals surface area (Å²) in [5, 5.41) is 1.03. The van der Waals surface area contributed by atoms with Gasteiger partial charge in [0.2, 0.25) is 0 Å². The first-order chi connectivity index (χ1) is 8.97. The fraction of sp³-hybridized carbons (Fsp3) is 0.0714. The lowest BCUT2D eigenvalue weighted by atomic mass is 10.1. The summed E-state index contributed by atoms with van der Waals surface area (Å²) < 4.78 is 5.71. The molecule has 0 heterocycles. The first-order valence-corrected chi connectivity index (χ1v) is 6.67. The molecule has 0 aliphatic rings. The van der Waals surface area contributed by atoms with Gasteiger partial charge in [-0.25, -0.2) is 0 Å². The van der Waals surface area contributed by atoms with Gasteiger partial charge >= 0.3 is 0 Å². The maximum absolute atomic E-state index is 6.05. The average molecular weight is 312 g/mol. The van der Waals surface area contributed by atoms with E-state index in [1.54, 1.807) is 24.3 Å². The third-order valence-corrected chi connectivity index (χ3v) is 3.34. The number of hydrogen-bond acceptors (Lipinski definition) is 2. The van der Waals surface area contributed by atoms with E-state index in [2.05, 4.69) is 0 Å². The molecule has 98 valence electrons. The smallest absolute Gasteiger partial charge is 0.146 e. The molecule has 0 aromatic heterocycles. The summed E-state index contributed by atoms with van der Waals surface area (Å²) in [6.07, 6.45) is 0. The summed E-state index contributed by atoms with van der Waals surface area (Å²) in [4.78, 5) is 0.369. The second-order valence-electron chi connectivity index (χ2n) is 4.02. The quantitative estimate of drug-likeness (QED) is 0.832. The van der Waals surface area contributed by atoms with Crippen molar-refractivity contribution in [2.45, 2.75) is 6.92 Å². The fourth-order valence-corrected chi connectivity index (χ4v) is 2.34. The normalized spacial score (nSPS) is 10.3. The van der Waals surface area contributed by atoms with Gasteiger partial charge in [-0.05, 0) is 48.9 Å². The lowest BCUT2D eigenvalue weighted by Gasteiger charge is -2.10. The van der Waals surface area contributed by atoms with Crippen molar-refractivity contribution in [2.24, 2.45) is 5.73 Å². The molecule has 0 aliphatic heterocycles. The van der Waals surface area contributed by atoms with Crippen LogP contribution in [0.5, 0.6) is 11.5 Å². The summed E-state index contributed by atoms with van der Waals surface area (Å²) in [7, 11) is 0. The number of benzene rings is 2. The zero-order valence-corrected chi connectivity index (χ0v) is 12.4. The van der Waals surface area contributed by atoms with Gasteiger partial charge in [-0.3, -0.25) is 0 Å². The highest BCUT2D eigenvalue weighted by Crippen LogP contribution is 2.32. The third kappa shape index (κ3) is 3.38. The molecule has 19 heavy (non-hydrogen) atoms. The van der Waals surface area contributed by atoms with E-state index in [4.69, 9.17) is 45.9 Å². The molecule has 0 bridgehead atoms. The molecule has 2 aromatic rings. The van der Waals surface area contributed by atoms with Crippen molar-refractivity contribution in [3.8, 4) is 11.5 Å². The zero-order valence-electron chi connectivity index (χ0n) is 10.1. The topological polar surface area (TPSA) is 35.2 Å². The highest BCUT2D eigenvalue weighted by Gasteiger charge is 2.07. The highest BCUT2D eigenvalue weighted by molar-refractivity contribution is 7.80. The minimum absolute atomic E-state index is 0.369. The molecule has 2 N–H and O–H groups in total. The first-order valence-electron chi connectivity index (χ1n) is 5.51. The Morgan fingerprint density at radius 1 is 1.16 bits per heavy atom. The van der Waals surface area contributed by atoms with Crippen LogP contribution in [0.3, 0.4) is 0 Å². The van der Waals surface area contributed by atoms with Crippen LogP contribution >= 0.6 is 35.4 Å². The van der Waals surface area contributed by atoms with Crippen LogP contribution in [0.4, 0.5) is 0 Å². The zero-order chi connectivity index (χ0) is 14.0. The third-order valence-electron chi connectivity index (χ3n) is 2.59. The largest absolute Gasteiger partial charge is 0.456 e. The Labute approximate surface area is 127 Å². The van der Waals surface area contributed by atoms with Crippen LogP contribution in [0.15, 0.2) is 36.4 Å². The number of aryl methyl sites for hydroxylation is 1. The Bertz CT molecular complexity index is 643. The van der Waals surface area contributed by atoms with Crippen LogP contribution in [0, 0.1) is 6.92 Å². The fourth-order valence-electron chi connectivity index (χ4n) is 1.66. The van der Waals surface area contributed by atoms with Gasteiger partial charge in [0.05, 0.1) is 5.02 Å². The van der Waals surface area contributed by atoms with E-state index in [0.29, 0.717) is 26.5 Å². The van der Waals surface area contributed by atoms with Crippen molar-refractivity contribution in [1.29, 1.82) is 0 Å². The number of halogens is 2. The Hall–Kier alpha value is -1.29. The summed E-state index contributed by atoms with van der Waals surface area (Å²) >= 11 is 16.8. The van der Waals surface area contributed by atoms with Gasteiger partial charge in [-0.1, -0.05) is 35.4 Å². The van der Waals surface area contributed by atoms with Gasteiger partial charge in [-0.15, -0.1) is 0 Å². The molecule has 2 nitrogen and oxygen atoms in total. The molecule has 0 fully saturated rings. The van der Waals surface area contributed by atoms with Gasteiger partial charge in [0.1, 0.15) is 16.5 Å². The summed E-state index contributed by atoms with van der Waals surface area (Å²) in [5.74, 6) is 1.22. The van der Waals surface area contributed by atoms with Crippen molar-refractivity contribution in [3.63, 3.8) is 0 Å². The standard InChI is InChI=1S/C14H11Cl2NOS/c1-8-6-10(3-4-11(8)14(17)19)18-13-5-2-9(15)7-12(13)16/h2-7H,1H3,(H2,17,19). The molecule has 0 atom stereocenters. The van der Waals surface area contributed by atoms with Crippen LogP contribution < -0.4 is 10.5 Å². The summed E-state index contributed by atoms with van der Waals surface area (Å²) in [6, 6.07) is 10.6. The van der Waals surface area contributed by atoms with Crippen LogP contribution in [0.1, 0.15) is 11.1 Å². The van der Waals surface area contributed by atoms with E-state index in [0.717, 1.165) is 11.1 Å². The first kappa shape index (κ1) is 14.1. The molecule has 0 amide bonds. The molecular formula is C14H11Cl2NOS. The number of thiocarbonyl (C=S) groups is 1. The van der Waals surface area contributed by atoms with E-state index >= 15 is 0 Å². The highest BCUT2D eigenvalue weighted by atomic mass is 35.5. The predicted octanol–water partition coefficient (Wildman–Crippen LogP) is 4.73. The van der Waals surface area contributed by atoms with Crippen molar-refractivity contribution in [1.82, 2.24) is 0 Å². The molecular weight excluding hydrogens is 301 g/mol. The average Bonchev–Trinajstić information content (AvgIpc) is 2.32. The van der Waals surface area contributed by atoms with Crippen molar-refractivity contribution >= 4 is 40.4 Å². The van der Waals surface area contributed by atoms with Crippen molar-refractivity contribution in [2.75, 3.05) is 0 Å². The SMILES string of the molecule is Cc1cc(Oc2ccc(Cl)cc2Cl)ccc1C(N)=S. The predicted molar refractivity (Wildman–Crippen MR) is 83.6 cm³/mol. The van der Waals surface area contributed by atoms with Gasteiger partial charge in [0.25, 0.3) is 0 Å². The molecule has 0 unspecified atom stereocenters. The van der Waals surface area contributed by atoms with E-state index in [9.17, 15) is 0 Å². The molecule has 0 saturated heterocycles. The Balaban J connectivity index is 2.29. The monoisotopic (exact) mass is 311 g/mol. The second-order valence-corrected chi connectivity index (χ2v) is 5.30. The minimum atomic E-state index is 0.369. The Kier molecular flexibility index (Phi) is 4.30. The number of rotatable bonds is 3. The number of ether oxygens (including phenoxy) is 1. The van der Waals surface area contributed by atoms with E-state index in [-0.39, 0.29) is 0 Å². The van der Waals surface area contributed by atoms with Crippen LogP contribution in [-0.4, -0.2) is 4.99 Å². The Morgan fingerprint density at radius 2 is 1.89 bits per heavy atom. The molecule has 0 aliphatic carbocycles. The van der Waals surface area contributed by atoms with Gasteiger partial charge in [0.15, 0.2) is 0 Å². The van der Waals surface area contributed by atoms with Gasteiger partial charge in [-0.2, -0.15) is 0 Å². The van der Waals surface area contributed by atoms with Crippen molar-refractivity contribution < 1.29 is 4.74 Å². The van der Waals surface area contributed by atoms with E-state index in [1.165, 1.54) is 0 Å². The summed E-state index contributed by atoms with van der Waals surface area (Å²) in [5.41, 5.74) is 7.40.